The van der Waals surface area contributed by atoms with Gasteiger partial charge in [-0.05, 0) is 17.7 Å². The van der Waals surface area contributed by atoms with E-state index in [1.54, 1.807) is 10.9 Å². The predicted octanol–water partition coefficient (Wildman–Crippen LogP) is 3.23. The fourth-order valence-corrected chi connectivity index (χ4v) is 2.03. The van der Waals surface area contributed by atoms with E-state index >= 15 is 0 Å². The molecule has 2 rings (SSSR count). The van der Waals surface area contributed by atoms with Gasteiger partial charge in [-0.2, -0.15) is 13.2 Å². The van der Waals surface area contributed by atoms with Gasteiger partial charge in [0.05, 0.1) is 23.4 Å². The summed E-state index contributed by atoms with van der Waals surface area (Å²) in [7, 11) is 0. The number of aromatic nitrogens is 1. The number of aliphatic hydroxyl groups excluding tert-OH is 1. The van der Waals surface area contributed by atoms with Crippen molar-refractivity contribution in [3.05, 3.63) is 45.9 Å². The van der Waals surface area contributed by atoms with Crippen LogP contribution in [0.2, 0.25) is 0 Å². The Morgan fingerprint density at radius 1 is 1.32 bits per heavy atom. The predicted molar refractivity (Wildman–Crippen MR) is 63.8 cm³/mol. The number of nitrogens with zero attached hydrogens (tertiary/aromatic N) is 1. The molecule has 0 saturated carbocycles. The van der Waals surface area contributed by atoms with Crippen molar-refractivity contribution in [1.29, 1.82) is 0 Å². The molecule has 1 aromatic carbocycles. The quantitative estimate of drug-likeness (QED) is 0.939. The third-order valence-corrected chi connectivity index (χ3v) is 3.03. The zero-order valence-corrected chi connectivity index (χ0v) is 10.5. The molecule has 102 valence electrons. The summed E-state index contributed by atoms with van der Waals surface area (Å²) < 4.78 is 43.7. The Bertz CT molecular complexity index is 540. The van der Waals surface area contributed by atoms with E-state index in [2.05, 4.69) is 4.98 Å². The van der Waals surface area contributed by atoms with E-state index in [0.29, 0.717) is 5.69 Å². The van der Waals surface area contributed by atoms with Crippen LogP contribution >= 0.6 is 11.3 Å². The van der Waals surface area contributed by atoms with Crippen LogP contribution in [0, 0.1) is 0 Å². The third kappa shape index (κ3) is 3.45. The summed E-state index contributed by atoms with van der Waals surface area (Å²) in [6.45, 7) is -0.472. The average molecular weight is 289 g/mol. The van der Waals surface area contributed by atoms with Gasteiger partial charge in [-0.25, -0.2) is 4.98 Å². The average Bonchev–Trinajstić information content (AvgIpc) is 2.88. The van der Waals surface area contributed by atoms with Gasteiger partial charge in [0.25, 0.3) is 0 Å². The molecule has 0 unspecified atom stereocenters. The van der Waals surface area contributed by atoms with Gasteiger partial charge in [0.1, 0.15) is 12.4 Å². The molecule has 0 aliphatic carbocycles. The zero-order chi connectivity index (χ0) is 13.9. The molecule has 2 aromatic rings. The summed E-state index contributed by atoms with van der Waals surface area (Å²) in [5.41, 5.74) is 1.45. The fraction of sp³-hybridized carbons (Fsp3) is 0.250. The van der Waals surface area contributed by atoms with Gasteiger partial charge < -0.3 is 9.84 Å². The molecule has 1 N–H and O–H groups in total. The molecule has 0 radical (unpaired) electrons. The summed E-state index contributed by atoms with van der Waals surface area (Å²) in [4.78, 5) is 3.93. The molecular formula is C12H10F3NO2S. The number of alkyl halides is 3. The Morgan fingerprint density at radius 2 is 2.11 bits per heavy atom. The highest BCUT2D eigenvalue weighted by Crippen LogP contribution is 2.37. The molecule has 1 heterocycles. The maximum atomic E-state index is 12.9. The highest BCUT2D eigenvalue weighted by Gasteiger charge is 2.34. The molecule has 0 atom stereocenters. The summed E-state index contributed by atoms with van der Waals surface area (Å²) >= 11 is 1.34. The minimum absolute atomic E-state index is 0.0228. The topological polar surface area (TPSA) is 42.4 Å². The van der Waals surface area contributed by atoms with E-state index in [1.165, 1.54) is 23.5 Å². The molecule has 0 aliphatic rings. The van der Waals surface area contributed by atoms with Crippen LogP contribution in [0.25, 0.3) is 0 Å². The first-order valence-corrected chi connectivity index (χ1v) is 6.26. The van der Waals surface area contributed by atoms with Gasteiger partial charge in [-0.15, -0.1) is 11.3 Å². The van der Waals surface area contributed by atoms with Crippen molar-refractivity contribution >= 4 is 11.3 Å². The molecule has 0 spiro atoms. The molecule has 0 saturated heterocycles. The Kier molecular flexibility index (Phi) is 4.06. The lowest BCUT2D eigenvalue weighted by Gasteiger charge is -2.14. The zero-order valence-electron chi connectivity index (χ0n) is 9.65. The van der Waals surface area contributed by atoms with Crippen LogP contribution in [-0.4, -0.2) is 10.1 Å². The van der Waals surface area contributed by atoms with Gasteiger partial charge in [0.2, 0.25) is 0 Å². The van der Waals surface area contributed by atoms with Crippen LogP contribution in [-0.2, 0) is 19.4 Å². The van der Waals surface area contributed by atoms with Gasteiger partial charge in [0, 0.05) is 5.38 Å². The standard InChI is InChI=1S/C12H10F3NO2S/c13-12(14,15)10-3-8(4-17)1-2-11(10)18-5-9-6-19-7-16-9/h1-3,6-7,17H,4-5H2. The van der Waals surface area contributed by atoms with Crippen molar-refractivity contribution in [1.82, 2.24) is 4.98 Å². The second-order valence-electron chi connectivity index (χ2n) is 3.75. The molecule has 0 aliphatic heterocycles. The third-order valence-electron chi connectivity index (χ3n) is 2.39. The largest absolute Gasteiger partial charge is 0.487 e. The highest BCUT2D eigenvalue weighted by atomic mass is 32.1. The molecule has 7 heteroatoms. The van der Waals surface area contributed by atoms with Crippen molar-refractivity contribution in [3.8, 4) is 5.75 Å². The second kappa shape index (κ2) is 5.58. The first-order valence-electron chi connectivity index (χ1n) is 5.31. The van der Waals surface area contributed by atoms with E-state index in [0.717, 1.165) is 6.07 Å². The smallest absolute Gasteiger partial charge is 0.419 e. The maximum absolute atomic E-state index is 12.9. The van der Waals surface area contributed by atoms with E-state index in [1.807, 2.05) is 0 Å². The van der Waals surface area contributed by atoms with E-state index in [4.69, 9.17) is 9.84 Å². The SMILES string of the molecule is OCc1ccc(OCc2cscn2)c(C(F)(F)F)c1. The number of rotatable bonds is 4. The van der Waals surface area contributed by atoms with Gasteiger partial charge in [0.15, 0.2) is 0 Å². The number of hydrogen-bond acceptors (Lipinski definition) is 4. The van der Waals surface area contributed by atoms with Gasteiger partial charge in [-0.3, -0.25) is 0 Å². The minimum Gasteiger partial charge on any atom is -0.487 e. The Hall–Kier alpha value is -1.60. The number of ether oxygens (including phenoxy) is 1. The first-order chi connectivity index (χ1) is 9.00. The van der Waals surface area contributed by atoms with E-state index in [-0.39, 0.29) is 17.9 Å². The molecule has 0 amide bonds. The van der Waals surface area contributed by atoms with Crippen molar-refractivity contribution in [2.75, 3.05) is 0 Å². The number of halogens is 3. The molecule has 1 aromatic heterocycles. The lowest BCUT2D eigenvalue weighted by molar-refractivity contribution is -0.139. The number of hydrogen-bond donors (Lipinski definition) is 1. The Morgan fingerprint density at radius 3 is 2.68 bits per heavy atom. The van der Waals surface area contributed by atoms with E-state index in [9.17, 15) is 13.2 Å². The maximum Gasteiger partial charge on any atom is 0.419 e. The summed E-state index contributed by atoms with van der Waals surface area (Å²) in [5, 5.41) is 10.6. The van der Waals surface area contributed by atoms with Crippen LogP contribution < -0.4 is 4.74 Å². The monoisotopic (exact) mass is 289 g/mol. The first kappa shape index (κ1) is 13.8. The molecule has 0 fully saturated rings. The normalized spacial score (nSPS) is 11.6. The fourth-order valence-electron chi connectivity index (χ4n) is 1.48. The molecule has 19 heavy (non-hydrogen) atoms. The number of thiazole rings is 1. The lowest BCUT2D eigenvalue weighted by atomic mass is 10.1. The van der Waals surface area contributed by atoms with Gasteiger partial charge in [-0.1, -0.05) is 6.07 Å². The Labute approximate surface area is 111 Å². The van der Waals surface area contributed by atoms with Crippen LogP contribution in [0.15, 0.2) is 29.1 Å². The van der Waals surface area contributed by atoms with E-state index < -0.39 is 18.3 Å². The molecular weight excluding hydrogens is 279 g/mol. The Balaban J connectivity index is 2.23. The lowest BCUT2D eigenvalue weighted by Crippen LogP contribution is -2.09. The van der Waals surface area contributed by atoms with Crippen LogP contribution in [0.3, 0.4) is 0 Å². The summed E-state index contributed by atoms with van der Waals surface area (Å²) in [5.74, 6) is -0.266. The van der Waals surface area contributed by atoms with Crippen LogP contribution in [0.1, 0.15) is 16.8 Å². The van der Waals surface area contributed by atoms with Crippen LogP contribution in [0.4, 0.5) is 13.2 Å². The number of aliphatic hydroxyl groups is 1. The minimum atomic E-state index is -4.53. The van der Waals surface area contributed by atoms with Crippen molar-refractivity contribution < 1.29 is 23.0 Å². The summed E-state index contributed by atoms with van der Waals surface area (Å²) in [6, 6.07) is 3.49. The highest BCUT2D eigenvalue weighted by molar-refractivity contribution is 7.07. The molecule has 3 nitrogen and oxygen atoms in total. The van der Waals surface area contributed by atoms with Gasteiger partial charge >= 0.3 is 6.18 Å². The summed E-state index contributed by atoms with van der Waals surface area (Å²) in [6.07, 6.45) is -4.53. The van der Waals surface area contributed by atoms with Crippen molar-refractivity contribution in [2.24, 2.45) is 0 Å². The second-order valence-corrected chi connectivity index (χ2v) is 4.47. The number of benzene rings is 1. The molecule has 0 bridgehead atoms. The van der Waals surface area contributed by atoms with Crippen LogP contribution in [0.5, 0.6) is 5.75 Å². The van der Waals surface area contributed by atoms with Crippen molar-refractivity contribution in [2.45, 2.75) is 19.4 Å². The van der Waals surface area contributed by atoms with Crippen molar-refractivity contribution in [3.63, 3.8) is 0 Å².